The highest BCUT2D eigenvalue weighted by Gasteiger charge is 2.19. The van der Waals surface area contributed by atoms with Crippen LogP contribution in [0.15, 0.2) is 24.3 Å². The molecule has 1 aliphatic heterocycles. The lowest BCUT2D eigenvalue weighted by Gasteiger charge is -2.22. The van der Waals surface area contributed by atoms with Crippen LogP contribution in [-0.4, -0.2) is 43.9 Å². The molecular formula is C21H30N4O3. The van der Waals surface area contributed by atoms with Crippen LogP contribution in [-0.2, 0) is 4.74 Å². The SMILES string of the molecule is CCCCOc1cc(Nc2nc(NC)cc(C3CCOCC3)n2)ccc1OC. The maximum absolute atomic E-state index is 5.88. The Morgan fingerprint density at radius 1 is 1.14 bits per heavy atom. The van der Waals surface area contributed by atoms with Crippen LogP contribution in [0.4, 0.5) is 17.5 Å². The lowest BCUT2D eigenvalue weighted by atomic mass is 9.96. The fourth-order valence-corrected chi connectivity index (χ4v) is 3.18. The predicted molar refractivity (Wildman–Crippen MR) is 111 cm³/mol. The van der Waals surface area contributed by atoms with E-state index in [0.717, 1.165) is 67.6 Å². The van der Waals surface area contributed by atoms with Crippen molar-refractivity contribution in [2.45, 2.75) is 38.5 Å². The number of methoxy groups -OCH3 is 1. The molecular weight excluding hydrogens is 356 g/mol. The van der Waals surface area contributed by atoms with E-state index >= 15 is 0 Å². The van der Waals surface area contributed by atoms with Crippen LogP contribution < -0.4 is 20.1 Å². The summed E-state index contributed by atoms with van der Waals surface area (Å²) in [4.78, 5) is 9.31. The highest BCUT2D eigenvalue weighted by molar-refractivity contribution is 5.60. The number of aromatic nitrogens is 2. The van der Waals surface area contributed by atoms with Crippen molar-refractivity contribution >= 4 is 17.5 Å². The Hall–Kier alpha value is -2.54. The summed E-state index contributed by atoms with van der Waals surface area (Å²) in [5.41, 5.74) is 1.90. The van der Waals surface area contributed by atoms with Crippen molar-refractivity contribution in [2.75, 3.05) is 44.6 Å². The Labute approximate surface area is 166 Å². The minimum Gasteiger partial charge on any atom is -0.493 e. The summed E-state index contributed by atoms with van der Waals surface area (Å²) in [5.74, 6) is 3.20. The highest BCUT2D eigenvalue weighted by atomic mass is 16.5. The fourth-order valence-electron chi connectivity index (χ4n) is 3.18. The van der Waals surface area contributed by atoms with Crippen molar-refractivity contribution < 1.29 is 14.2 Å². The van der Waals surface area contributed by atoms with Gasteiger partial charge in [0.15, 0.2) is 11.5 Å². The summed E-state index contributed by atoms with van der Waals surface area (Å²) in [6.45, 7) is 4.36. The summed E-state index contributed by atoms with van der Waals surface area (Å²) >= 11 is 0. The molecule has 2 aromatic rings. The highest BCUT2D eigenvalue weighted by Crippen LogP contribution is 2.32. The van der Waals surface area contributed by atoms with Crippen LogP contribution >= 0.6 is 0 Å². The molecule has 0 bridgehead atoms. The van der Waals surface area contributed by atoms with Gasteiger partial charge in [0.25, 0.3) is 0 Å². The third kappa shape index (κ3) is 5.25. The average molecular weight is 386 g/mol. The van der Waals surface area contributed by atoms with E-state index < -0.39 is 0 Å². The van der Waals surface area contributed by atoms with E-state index in [1.807, 2.05) is 31.3 Å². The van der Waals surface area contributed by atoms with Crippen molar-refractivity contribution in [1.82, 2.24) is 9.97 Å². The summed E-state index contributed by atoms with van der Waals surface area (Å²) in [6.07, 6.45) is 4.05. The van der Waals surface area contributed by atoms with E-state index in [9.17, 15) is 0 Å². The van der Waals surface area contributed by atoms with Gasteiger partial charge >= 0.3 is 0 Å². The van der Waals surface area contributed by atoms with Gasteiger partial charge < -0.3 is 24.8 Å². The van der Waals surface area contributed by atoms with E-state index in [-0.39, 0.29) is 0 Å². The molecule has 1 aromatic heterocycles. The maximum atomic E-state index is 5.88. The molecule has 0 saturated carbocycles. The molecule has 1 aromatic carbocycles. The summed E-state index contributed by atoms with van der Waals surface area (Å²) < 4.78 is 16.8. The predicted octanol–water partition coefficient (Wildman–Crippen LogP) is 4.34. The van der Waals surface area contributed by atoms with Gasteiger partial charge in [-0.15, -0.1) is 0 Å². The number of nitrogens with one attached hydrogen (secondary N) is 2. The number of hydrogen-bond donors (Lipinski definition) is 2. The topological polar surface area (TPSA) is 77.5 Å². The summed E-state index contributed by atoms with van der Waals surface area (Å²) in [7, 11) is 3.52. The molecule has 7 nitrogen and oxygen atoms in total. The van der Waals surface area contributed by atoms with Crippen molar-refractivity contribution in [1.29, 1.82) is 0 Å². The van der Waals surface area contributed by atoms with Crippen LogP contribution in [0.5, 0.6) is 11.5 Å². The van der Waals surface area contributed by atoms with Crippen molar-refractivity contribution in [3.05, 3.63) is 30.0 Å². The standard InChI is InChI=1S/C21H30N4O3/c1-4-5-10-28-19-13-16(6-7-18(19)26-3)23-21-24-17(14-20(22-2)25-21)15-8-11-27-12-9-15/h6-7,13-15H,4-5,8-12H2,1-3H3,(H2,22,23,24,25). The third-order valence-corrected chi connectivity index (χ3v) is 4.82. The quantitative estimate of drug-likeness (QED) is 0.621. The first-order valence-electron chi connectivity index (χ1n) is 9.95. The van der Waals surface area contributed by atoms with Crippen LogP contribution in [0.1, 0.15) is 44.2 Å². The third-order valence-electron chi connectivity index (χ3n) is 4.82. The maximum Gasteiger partial charge on any atom is 0.229 e. The minimum absolute atomic E-state index is 0.396. The molecule has 0 unspecified atom stereocenters. The number of benzene rings is 1. The lowest BCUT2D eigenvalue weighted by molar-refractivity contribution is 0.0845. The molecule has 0 spiro atoms. The number of ether oxygens (including phenoxy) is 3. The number of rotatable bonds is 9. The van der Waals surface area contributed by atoms with E-state index in [2.05, 4.69) is 22.5 Å². The second-order valence-electron chi connectivity index (χ2n) is 6.83. The van der Waals surface area contributed by atoms with Gasteiger partial charge in [0.1, 0.15) is 5.82 Å². The number of anilines is 3. The van der Waals surface area contributed by atoms with Gasteiger partial charge in [-0.05, 0) is 31.4 Å². The van der Waals surface area contributed by atoms with Gasteiger partial charge in [-0.2, -0.15) is 4.98 Å². The number of hydrogen-bond acceptors (Lipinski definition) is 7. The molecule has 0 atom stereocenters. The van der Waals surface area contributed by atoms with Gasteiger partial charge in [-0.3, -0.25) is 0 Å². The number of unbranched alkanes of at least 4 members (excludes halogenated alkanes) is 1. The summed E-state index contributed by atoms with van der Waals surface area (Å²) in [5, 5.41) is 6.44. The smallest absolute Gasteiger partial charge is 0.229 e. The van der Waals surface area contributed by atoms with Crippen molar-refractivity contribution in [2.24, 2.45) is 0 Å². The van der Waals surface area contributed by atoms with Crippen molar-refractivity contribution in [3.63, 3.8) is 0 Å². The zero-order valence-corrected chi connectivity index (χ0v) is 17.0. The Morgan fingerprint density at radius 2 is 1.96 bits per heavy atom. The van der Waals surface area contributed by atoms with E-state index in [4.69, 9.17) is 19.2 Å². The molecule has 1 aliphatic rings. The van der Waals surface area contributed by atoms with E-state index in [1.165, 1.54) is 0 Å². The molecule has 0 aliphatic carbocycles. The molecule has 28 heavy (non-hydrogen) atoms. The Bertz CT molecular complexity index is 763. The fraction of sp³-hybridized carbons (Fsp3) is 0.524. The molecule has 3 rings (SSSR count). The summed E-state index contributed by atoms with van der Waals surface area (Å²) in [6, 6.07) is 7.78. The van der Waals surface area contributed by atoms with Crippen LogP contribution in [0, 0.1) is 0 Å². The number of nitrogens with zero attached hydrogens (tertiary/aromatic N) is 2. The van der Waals surface area contributed by atoms with Crippen LogP contribution in [0.25, 0.3) is 0 Å². The first kappa shape index (κ1) is 20.2. The second kappa shape index (κ2) is 10.1. The first-order chi connectivity index (χ1) is 13.7. The zero-order valence-electron chi connectivity index (χ0n) is 17.0. The monoisotopic (exact) mass is 386 g/mol. The molecule has 0 radical (unpaired) electrons. The van der Waals surface area contributed by atoms with E-state index in [0.29, 0.717) is 18.5 Å². The van der Waals surface area contributed by atoms with Gasteiger partial charge in [0, 0.05) is 44.0 Å². The molecule has 152 valence electrons. The zero-order chi connectivity index (χ0) is 19.8. The van der Waals surface area contributed by atoms with Gasteiger partial charge in [-0.1, -0.05) is 13.3 Å². The van der Waals surface area contributed by atoms with E-state index in [1.54, 1.807) is 7.11 Å². The minimum atomic E-state index is 0.396. The molecule has 7 heteroatoms. The van der Waals surface area contributed by atoms with Crippen molar-refractivity contribution in [3.8, 4) is 11.5 Å². The van der Waals surface area contributed by atoms with Crippen LogP contribution in [0.2, 0.25) is 0 Å². The molecule has 1 saturated heterocycles. The van der Waals surface area contributed by atoms with Gasteiger partial charge in [0.05, 0.1) is 19.4 Å². The Kier molecular flexibility index (Phi) is 7.31. The average Bonchev–Trinajstić information content (AvgIpc) is 2.74. The molecule has 2 N–H and O–H groups in total. The molecule has 2 heterocycles. The Balaban J connectivity index is 1.80. The van der Waals surface area contributed by atoms with Crippen LogP contribution in [0.3, 0.4) is 0 Å². The first-order valence-corrected chi connectivity index (χ1v) is 9.95. The largest absolute Gasteiger partial charge is 0.493 e. The van der Waals surface area contributed by atoms with Gasteiger partial charge in [-0.25, -0.2) is 4.98 Å². The second-order valence-corrected chi connectivity index (χ2v) is 6.83. The Morgan fingerprint density at radius 3 is 2.68 bits per heavy atom. The molecule has 1 fully saturated rings. The van der Waals surface area contributed by atoms with Gasteiger partial charge in [0.2, 0.25) is 5.95 Å². The molecule has 0 amide bonds. The lowest BCUT2D eigenvalue weighted by Crippen LogP contribution is -2.16. The normalized spacial score (nSPS) is 14.5.